The van der Waals surface area contributed by atoms with Gasteiger partial charge in [0.1, 0.15) is 0 Å². The average molecular weight is 546 g/mol. The number of hydrogen-bond acceptors (Lipinski definition) is 8. The number of nitrogens with one attached hydrogen (secondary N) is 1. The number of alkyl carbamates (subject to hydrolysis) is 1. The van der Waals surface area contributed by atoms with Crippen molar-refractivity contribution in [2.45, 2.75) is 55.9 Å². The second-order valence-electron chi connectivity index (χ2n) is 8.78. The number of amides is 1. The Morgan fingerprint density at radius 3 is 2.32 bits per heavy atom. The topological polar surface area (TPSA) is 91.8 Å². The molecular weight excluding hydrogens is 506 g/mol. The summed E-state index contributed by atoms with van der Waals surface area (Å²) in [7, 11) is 2.18. The lowest BCUT2D eigenvalue weighted by Crippen LogP contribution is -2.43. The lowest BCUT2D eigenvalue weighted by molar-refractivity contribution is 0.122. The Bertz CT molecular complexity index is 1110. The summed E-state index contributed by atoms with van der Waals surface area (Å²) >= 11 is 1.90. The summed E-state index contributed by atoms with van der Waals surface area (Å²) < 4.78 is 21.4. The zero-order chi connectivity index (χ0) is 26.3. The van der Waals surface area contributed by atoms with Gasteiger partial charge in [0, 0.05) is 62.0 Å². The maximum Gasteiger partial charge on any atom is 0.500 e. The van der Waals surface area contributed by atoms with Crippen LogP contribution in [0.5, 0.6) is 0 Å². The molecule has 0 atom stereocenters. The third-order valence-corrected chi connectivity index (χ3v) is 10.3. The summed E-state index contributed by atoms with van der Waals surface area (Å²) in [5.41, 5.74) is 1.94. The first kappa shape index (κ1) is 29.3. The van der Waals surface area contributed by atoms with Crippen molar-refractivity contribution in [2.24, 2.45) is 0 Å². The number of carbonyl (C=O) groups is 1. The summed E-state index contributed by atoms with van der Waals surface area (Å²) in [5.74, 6) is 1.09. The van der Waals surface area contributed by atoms with E-state index in [0.29, 0.717) is 25.6 Å². The standard InChI is InChI=1S/C27H39N3O5SSi/c1-32-37(33-2,34-3)20-12-17-30-27(31)35-18-8-6-4-5-7-9-19-36-24-21-22-13-10-15-28-25(22)26-23(24)14-11-16-29-26/h10-11,13-16,21H,4-9,12,17-20H2,1-3H3,(H,30,31). The van der Waals surface area contributed by atoms with Crippen LogP contribution in [-0.4, -0.2) is 65.1 Å². The number of pyridine rings is 2. The maximum atomic E-state index is 11.8. The molecule has 0 unspecified atom stereocenters. The summed E-state index contributed by atoms with van der Waals surface area (Å²) in [6.07, 6.45) is 10.7. The first-order chi connectivity index (χ1) is 18.1. The van der Waals surface area contributed by atoms with Gasteiger partial charge in [-0.25, -0.2) is 4.79 Å². The highest BCUT2D eigenvalue weighted by Gasteiger charge is 2.36. The predicted octanol–water partition coefficient (Wildman–Crippen LogP) is 6.21. The van der Waals surface area contributed by atoms with Crippen LogP contribution in [0.25, 0.3) is 21.8 Å². The van der Waals surface area contributed by atoms with E-state index < -0.39 is 8.80 Å². The number of rotatable bonds is 17. The van der Waals surface area contributed by atoms with Crippen molar-refractivity contribution in [2.75, 3.05) is 40.2 Å². The van der Waals surface area contributed by atoms with Gasteiger partial charge < -0.3 is 23.3 Å². The van der Waals surface area contributed by atoms with Crippen LogP contribution in [0.4, 0.5) is 4.79 Å². The quantitative estimate of drug-likeness (QED) is 0.0926. The second-order valence-corrected chi connectivity index (χ2v) is 13.0. The maximum absolute atomic E-state index is 11.8. The molecule has 0 saturated carbocycles. The fraction of sp³-hybridized carbons (Fsp3) is 0.519. The van der Waals surface area contributed by atoms with Gasteiger partial charge in [-0.15, -0.1) is 11.8 Å². The van der Waals surface area contributed by atoms with Gasteiger partial charge in [0.25, 0.3) is 0 Å². The zero-order valence-corrected chi connectivity index (χ0v) is 24.0. The van der Waals surface area contributed by atoms with Crippen molar-refractivity contribution in [3.8, 4) is 0 Å². The molecule has 0 bridgehead atoms. The van der Waals surface area contributed by atoms with Gasteiger partial charge in [-0.3, -0.25) is 9.97 Å². The number of fused-ring (bicyclic) bond motifs is 3. The van der Waals surface area contributed by atoms with Gasteiger partial charge in [0.05, 0.1) is 17.6 Å². The van der Waals surface area contributed by atoms with Crippen LogP contribution in [0, 0.1) is 0 Å². The van der Waals surface area contributed by atoms with Crippen LogP contribution >= 0.6 is 11.8 Å². The molecular formula is C27H39N3O5SSi. The Hall–Kier alpha value is -2.24. The molecule has 37 heavy (non-hydrogen) atoms. The second kappa shape index (κ2) is 15.9. The highest BCUT2D eigenvalue weighted by Crippen LogP contribution is 2.32. The average Bonchev–Trinajstić information content (AvgIpc) is 2.94. The highest BCUT2D eigenvalue weighted by molar-refractivity contribution is 7.99. The van der Waals surface area contributed by atoms with Crippen LogP contribution in [0.1, 0.15) is 44.9 Å². The van der Waals surface area contributed by atoms with Gasteiger partial charge >= 0.3 is 14.9 Å². The molecule has 1 N–H and O–H groups in total. The first-order valence-corrected chi connectivity index (χ1v) is 15.9. The minimum Gasteiger partial charge on any atom is -0.450 e. The lowest BCUT2D eigenvalue weighted by Gasteiger charge is -2.24. The molecule has 0 aliphatic heterocycles. The number of unbranched alkanes of at least 4 members (excludes halogenated alkanes) is 5. The third kappa shape index (κ3) is 8.93. The van der Waals surface area contributed by atoms with Gasteiger partial charge in [0.2, 0.25) is 0 Å². The van der Waals surface area contributed by atoms with E-state index in [0.717, 1.165) is 41.4 Å². The largest absolute Gasteiger partial charge is 0.500 e. The van der Waals surface area contributed by atoms with E-state index in [1.165, 1.54) is 29.5 Å². The number of ether oxygens (including phenoxy) is 1. The van der Waals surface area contributed by atoms with Crippen LogP contribution in [0.2, 0.25) is 6.04 Å². The number of nitrogens with zero attached hydrogens (tertiary/aromatic N) is 2. The molecule has 0 saturated heterocycles. The molecule has 1 amide bonds. The monoisotopic (exact) mass is 545 g/mol. The Balaban J connectivity index is 1.22. The fourth-order valence-corrected chi connectivity index (χ4v) is 7.05. The number of hydrogen-bond donors (Lipinski definition) is 1. The molecule has 1 aromatic carbocycles. The molecule has 3 aromatic rings. The highest BCUT2D eigenvalue weighted by atomic mass is 32.2. The first-order valence-electron chi connectivity index (χ1n) is 12.9. The number of benzene rings is 1. The molecule has 10 heteroatoms. The van der Waals surface area contributed by atoms with E-state index in [1.807, 2.05) is 36.3 Å². The molecule has 202 valence electrons. The Labute approximate surface area is 225 Å². The van der Waals surface area contributed by atoms with Crippen LogP contribution in [0.3, 0.4) is 0 Å². The summed E-state index contributed by atoms with van der Waals surface area (Å²) in [4.78, 5) is 22.2. The van der Waals surface area contributed by atoms with Gasteiger partial charge in [0.15, 0.2) is 0 Å². The zero-order valence-electron chi connectivity index (χ0n) is 22.2. The van der Waals surface area contributed by atoms with E-state index in [1.54, 1.807) is 21.3 Å². The lowest BCUT2D eigenvalue weighted by atomic mass is 10.1. The Morgan fingerprint density at radius 1 is 0.892 bits per heavy atom. The van der Waals surface area contributed by atoms with Crippen molar-refractivity contribution in [3.63, 3.8) is 0 Å². The van der Waals surface area contributed by atoms with Crippen molar-refractivity contribution in [1.82, 2.24) is 15.3 Å². The molecule has 0 aliphatic carbocycles. The van der Waals surface area contributed by atoms with Crippen molar-refractivity contribution in [1.29, 1.82) is 0 Å². The van der Waals surface area contributed by atoms with E-state index in [-0.39, 0.29) is 6.09 Å². The third-order valence-electron chi connectivity index (χ3n) is 6.31. The summed E-state index contributed by atoms with van der Waals surface area (Å²) in [6, 6.07) is 11.1. The normalized spacial score (nSPS) is 11.8. The van der Waals surface area contributed by atoms with E-state index in [2.05, 4.69) is 33.5 Å². The summed E-state index contributed by atoms with van der Waals surface area (Å²) in [6.45, 7) is 0.955. The minimum absolute atomic E-state index is 0.372. The fourth-order valence-electron chi connectivity index (χ4n) is 4.22. The van der Waals surface area contributed by atoms with Gasteiger partial charge in [-0.2, -0.15) is 0 Å². The number of carbonyl (C=O) groups excluding carboxylic acids is 1. The Kier molecular flexibility index (Phi) is 12.6. The van der Waals surface area contributed by atoms with Crippen LogP contribution in [-0.2, 0) is 18.0 Å². The molecule has 3 rings (SSSR count). The molecule has 2 heterocycles. The molecule has 0 spiro atoms. The van der Waals surface area contributed by atoms with Gasteiger partial charge in [-0.05, 0) is 43.2 Å². The van der Waals surface area contributed by atoms with Crippen molar-refractivity contribution in [3.05, 3.63) is 42.7 Å². The molecule has 0 radical (unpaired) electrons. The van der Waals surface area contributed by atoms with E-state index in [4.69, 9.17) is 18.0 Å². The molecule has 8 nitrogen and oxygen atoms in total. The van der Waals surface area contributed by atoms with Crippen LogP contribution < -0.4 is 5.32 Å². The Morgan fingerprint density at radius 2 is 1.57 bits per heavy atom. The minimum atomic E-state index is -2.58. The molecule has 2 aromatic heterocycles. The number of thioether (sulfide) groups is 1. The van der Waals surface area contributed by atoms with E-state index >= 15 is 0 Å². The van der Waals surface area contributed by atoms with Crippen molar-refractivity contribution >= 4 is 48.5 Å². The molecule has 0 aliphatic rings. The van der Waals surface area contributed by atoms with Crippen LogP contribution in [0.15, 0.2) is 47.6 Å². The van der Waals surface area contributed by atoms with Gasteiger partial charge in [-0.1, -0.05) is 37.8 Å². The summed E-state index contributed by atoms with van der Waals surface area (Å²) in [5, 5.41) is 5.09. The predicted molar refractivity (Wildman–Crippen MR) is 151 cm³/mol. The smallest absolute Gasteiger partial charge is 0.450 e. The van der Waals surface area contributed by atoms with E-state index in [9.17, 15) is 4.79 Å². The SMILES string of the molecule is CO[Si](CCCNC(=O)OCCCCCCCCSc1cc2cccnc2c2ncccc12)(OC)OC. The molecule has 0 fully saturated rings. The number of aromatic nitrogens is 2. The van der Waals surface area contributed by atoms with Crippen molar-refractivity contribution < 1.29 is 22.8 Å².